The minimum Gasteiger partial charge on any atom is -0.387 e. The summed E-state index contributed by atoms with van der Waals surface area (Å²) in [5.74, 6) is 0.509. The van der Waals surface area contributed by atoms with Gasteiger partial charge in [-0.05, 0) is 24.8 Å². The molecule has 0 spiro atoms. The van der Waals surface area contributed by atoms with Gasteiger partial charge < -0.3 is 5.11 Å². The molecule has 1 aromatic heterocycles. The monoisotopic (exact) mass is 196 g/mol. The van der Waals surface area contributed by atoms with E-state index < -0.39 is 0 Å². The summed E-state index contributed by atoms with van der Waals surface area (Å²) in [6.45, 7) is 7.23. The van der Waals surface area contributed by atoms with Gasteiger partial charge in [-0.3, -0.25) is 4.68 Å². The minimum atomic E-state index is -0.371. The molecule has 1 aromatic rings. The van der Waals surface area contributed by atoms with Crippen molar-refractivity contribution in [1.29, 1.82) is 0 Å². The van der Waals surface area contributed by atoms with Crippen molar-refractivity contribution in [2.45, 2.75) is 46.3 Å². The lowest BCUT2D eigenvalue weighted by atomic mass is 10.0. The summed E-state index contributed by atoms with van der Waals surface area (Å²) in [5, 5.41) is 14.1. The average Bonchev–Trinajstić information content (AvgIpc) is 2.51. The number of hydrogen-bond donors (Lipinski definition) is 1. The third-order valence-corrected chi connectivity index (χ3v) is 2.22. The number of aryl methyl sites for hydroxylation is 1. The molecule has 1 heterocycles. The standard InChI is InChI=1S/C11H20N2O/c1-4-7-13-10(5-6-12-13)11(14)8-9(2)3/h5-6,9,11,14H,4,7-8H2,1-3H3. The third-order valence-electron chi connectivity index (χ3n) is 2.22. The van der Waals surface area contributed by atoms with Crippen molar-refractivity contribution in [3.63, 3.8) is 0 Å². The molecule has 1 rings (SSSR count). The zero-order valence-corrected chi connectivity index (χ0v) is 9.27. The first-order valence-corrected chi connectivity index (χ1v) is 5.35. The Kier molecular flexibility index (Phi) is 4.14. The molecule has 1 atom stereocenters. The first-order chi connectivity index (χ1) is 6.65. The van der Waals surface area contributed by atoms with E-state index in [1.165, 1.54) is 0 Å². The molecule has 0 fully saturated rings. The molecule has 14 heavy (non-hydrogen) atoms. The molecule has 0 bridgehead atoms. The van der Waals surface area contributed by atoms with Crippen LogP contribution in [0.15, 0.2) is 12.3 Å². The second-order valence-corrected chi connectivity index (χ2v) is 4.12. The van der Waals surface area contributed by atoms with E-state index in [-0.39, 0.29) is 6.10 Å². The summed E-state index contributed by atoms with van der Waals surface area (Å²) in [5.41, 5.74) is 0.945. The fourth-order valence-corrected chi connectivity index (χ4v) is 1.59. The molecule has 1 unspecified atom stereocenters. The van der Waals surface area contributed by atoms with Gasteiger partial charge in [0.25, 0.3) is 0 Å². The summed E-state index contributed by atoms with van der Waals surface area (Å²) >= 11 is 0. The maximum absolute atomic E-state index is 9.93. The normalized spacial score (nSPS) is 13.5. The number of aromatic nitrogens is 2. The zero-order valence-electron chi connectivity index (χ0n) is 9.27. The predicted molar refractivity (Wildman–Crippen MR) is 56.9 cm³/mol. The third kappa shape index (κ3) is 2.84. The SMILES string of the molecule is CCCn1nccc1C(O)CC(C)C. The van der Waals surface area contributed by atoms with Crippen molar-refractivity contribution in [2.24, 2.45) is 5.92 Å². The fraction of sp³-hybridized carbons (Fsp3) is 0.727. The molecule has 0 saturated heterocycles. The number of nitrogens with zero attached hydrogens (tertiary/aromatic N) is 2. The number of aliphatic hydroxyl groups excluding tert-OH is 1. The van der Waals surface area contributed by atoms with Crippen molar-refractivity contribution in [3.05, 3.63) is 18.0 Å². The summed E-state index contributed by atoms with van der Waals surface area (Å²) in [6.07, 6.45) is 3.23. The van der Waals surface area contributed by atoms with Crippen molar-refractivity contribution < 1.29 is 5.11 Å². The number of aliphatic hydroxyl groups is 1. The van der Waals surface area contributed by atoms with E-state index >= 15 is 0 Å². The van der Waals surface area contributed by atoms with Crippen LogP contribution in [0.25, 0.3) is 0 Å². The Morgan fingerprint density at radius 2 is 2.21 bits per heavy atom. The number of hydrogen-bond acceptors (Lipinski definition) is 2. The van der Waals surface area contributed by atoms with Gasteiger partial charge in [-0.1, -0.05) is 20.8 Å². The average molecular weight is 196 g/mol. The van der Waals surface area contributed by atoms with Crippen LogP contribution < -0.4 is 0 Å². The molecular formula is C11H20N2O. The van der Waals surface area contributed by atoms with Crippen molar-refractivity contribution in [3.8, 4) is 0 Å². The van der Waals surface area contributed by atoms with Gasteiger partial charge in [-0.15, -0.1) is 0 Å². The highest BCUT2D eigenvalue weighted by Crippen LogP contribution is 2.20. The Morgan fingerprint density at radius 1 is 1.50 bits per heavy atom. The molecule has 0 amide bonds. The predicted octanol–water partition coefficient (Wildman–Crippen LogP) is 2.37. The lowest BCUT2D eigenvalue weighted by molar-refractivity contribution is 0.140. The number of rotatable bonds is 5. The Morgan fingerprint density at radius 3 is 2.79 bits per heavy atom. The summed E-state index contributed by atoms with van der Waals surface area (Å²) in [4.78, 5) is 0. The zero-order chi connectivity index (χ0) is 10.6. The van der Waals surface area contributed by atoms with Crippen LogP contribution >= 0.6 is 0 Å². The lowest BCUT2D eigenvalue weighted by Crippen LogP contribution is -2.10. The summed E-state index contributed by atoms with van der Waals surface area (Å²) < 4.78 is 1.90. The van der Waals surface area contributed by atoms with Gasteiger partial charge in [0.15, 0.2) is 0 Å². The maximum atomic E-state index is 9.93. The van der Waals surface area contributed by atoms with E-state index in [9.17, 15) is 5.11 Å². The van der Waals surface area contributed by atoms with Crippen LogP contribution in [0.3, 0.4) is 0 Å². The molecule has 1 N–H and O–H groups in total. The lowest BCUT2D eigenvalue weighted by Gasteiger charge is -2.14. The Labute approximate surface area is 85.8 Å². The fourth-order valence-electron chi connectivity index (χ4n) is 1.59. The van der Waals surface area contributed by atoms with Crippen molar-refractivity contribution >= 4 is 0 Å². The van der Waals surface area contributed by atoms with Crippen LogP contribution in [0.1, 0.15) is 45.4 Å². The molecular weight excluding hydrogens is 176 g/mol. The van der Waals surface area contributed by atoms with Gasteiger partial charge >= 0.3 is 0 Å². The van der Waals surface area contributed by atoms with E-state index in [0.29, 0.717) is 5.92 Å². The highest BCUT2D eigenvalue weighted by Gasteiger charge is 2.13. The van der Waals surface area contributed by atoms with Crippen LogP contribution in [-0.4, -0.2) is 14.9 Å². The van der Waals surface area contributed by atoms with Gasteiger partial charge in [0.1, 0.15) is 0 Å². The Bertz CT molecular complexity index is 268. The van der Waals surface area contributed by atoms with Crippen LogP contribution in [0.4, 0.5) is 0 Å². The first kappa shape index (κ1) is 11.2. The van der Waals surface area contributed by atoms with Crippen LogP contribution in [0, 0.1) is 5.92 Å². The van der Waals surface area contributed by atoms with Gasteiger partial charge in [0.05, 0.1) is 11.8 Å². The molecule has 0 aliphatic carbocycles. The van der Waals surface area contributed by atoms with Gasteiger partial charge in [0, 0.05) is 12.7 Å². The topological polar surface area (TPSA) is 38.0 Å². The minimum absolute atomic E-state index is 0.371. The molecule has 80 valence electrons. The van der Waals surface area contributed by atoms with E-state index in [0.717, 1.165) is 25.1 Å². The van der Waals surface area contributed by atoms with Gasteiger partial charge in [-0.25, -0.2) is 0 Å². The second kappa shape index (κ2) is 5.15. The van der Waals surface area contributed by atoms with Crippen LogP contribution in [-0.2, 0) is 6.54 Å². The summed E-state index contributed by atoms with van der Waals surface area (Å²) in [7, 11) is 0. The molecule has 3 nitrogen and oxygen atoms in total. The maximum Gasteiger partial charge on any atom is 0.0959 e. The Hall–Kier alpha value is -0.830. The van der Waals surface area contributed by atoms with Crippen molar-refractivity contribution in [1.82, 2.24) is 9.78 Å². The van der Waals surface area contributed by atoms with E-state index in [1.54, 1.807) is 6.20 Å². The molecule has 0 radical (unpaired) electrons. The largest absolute Gasteiger partial charge is 0.387 e. The highest BCUT2D eigenvalue weighted by molar-refractivity contribution is 5.04. The molecule has 0 saturated carbocycles. The van der Waals surface area contributed by atoms with Gasteiger partial charge in [-0.2, -0.15) is 5.10 Å². The summed E-state index contributed by atoms with van der Waals surface area (Å²) in [6, 6.07) is 1.91. The second-order valence-electron chi connectivity index (χ2n) is 4.12. The highest BCUT2D eigenvalue weighted by atomic mass is 16.3. The molecule has 0 aliphatic rings. The van der Waals surface area contributed by atoms with Crippen LogP contribution in [0.5, 0.6) is 0 Å². The Balaban J connectivity index is 2.68. The quantitative estimate of drug-likeness (QED) is 0.785. The van der Waals surface area contributed by atoms with Crippen molar-refractivity contribution in [2.75, 3.05) is 0 Å². The smallest absolute Gasteiger partial charge is 0.0959 e. The van der Waals surface area contributed by atoms with E-state index in [2.05, 4.69) is 25.9 Å². The first-order valence-electron chi connectivity index (χ1n) is 5.35. The molecule has 0 aliphatic heterocycles. The molecule has 3 heteroatoms. The van der Waals surface area contributed by atoms with E-state index in [4.69, 9.17) is 0 Å². The molecule has 0 aromatic carbocycles. The van der Waals surface area contributed by atoms with Crippen LogP contribution in [0.2, 0.25) is 0 Å². The van der Waals surface area contributed by atoms with Gasteiger partial charge in [0.2, 0.25) is 0 Å². The van der Waals surface area contributed by atoms with E-state index in [1.807, 2.05) is 10.7 Å².